The highest BCUT2D eigenvalue weighted by atomic mass is 16.4. The second kappa shape index (κ2) is 8.66. The Morgan fingerprint density at radius 2 is 1.85 bits per heavy atom. The topological polar surface area (TPSA) is 128 Å². The molecule has 0 unspecified atom stereocenters. The molecule has 0 saturated heterocycles. The van der Waals surface area contributed by atoms with Gasteiger partial charge in [-0.2, -0.15) is 0 Å². The van der Waals surface area contributed by atoms with Gasteiger partial charge in [-0.3, -0.25) is 15.0 Å². The van der Waals surface area contributed by atoms with Gasteiger partial charge in [0.15, 0.2) is 5.96 Å². The van der Waals surface area contributed by atoms with Crippen molar-refractivity contribution in [3.63, 3.8) is 0 Å². The van der Waals surface area contributed by atoms with E-state index in [9.17, 15) is 9.59 Å². The Kier molecular flexibility index (Phi) is 6.32. The van der Waals surface area contributed by atoms with Gasteiger partial charge in [0.1, 0.15) is 0 Å². The van der Waals surface area contributed by atoms with E-state index >= 15 is 0 Å². The average molecular weight is 354 g/mol. The fourth-order valence-electron chi connectivity index (χ4n) is 2.61. The first kappa shape index (κ1) is 19.0. The molecule has 2 aromatic carbocycles. The third-order valence-electron chi connectivity index (χ3n) is 4.01. The van der Waals surface area contributed by atoms with Crippen LogP contribution in [0.5, 0.6) is 0 Å². The van der Waals surface area contributed by atoms with Gasteiger partial charge in [0.05, 0.1) is 0 Å². The van der Waals surface area contributed by atoms with Gasteiger partial charge in [0.2, 0.25) is 0 Å². The summed E-state index contributed by atoms with van der Waals surface area (Å²) in [5, 5.41) is 21.6. The molecule has 0 aliphatic carbocycles. The second-order valence-corrected chi connectivity index (χ2v) is 5.90. The van der Waals surface area contributed by atoms with E-state index in [2.05, 4.69) is 10.6 Å². The van der Waals surface area contributed by atoms with E-state index in [1.54, 1.807) is 24.3 Å². The number of anilines is 1. The fourth-order valence-corrected chi connectivity index (χ4v) is 2.61. The van der Waals surface area contributed by atoms with Crippen molar-refractivity contribution in [2.24, 2.45) is 5.73 Å². The van der Waals surface area contributed by atoms with Crippen LogP contribution in [0.25, 0.3) is 0 Å². The van der Waals surface area contributed by atoms with Crippen LogP contribution in [0.2, 0.25) is 0 Å². The lowest BCUT2D eigenvalue weighted by molar-refractivity contribution is -0.136. The Bertz CT molecular complexity index is 833. The number of benzene rings is 2. The van der Waals surface area contributed by atoms with Crippen molar-refractivity contribution >= 4 is 23.5 Å². The first-order chi connectivity index (χ1) is 12.4. The molecule has 2 rings (SSSR count). The summed E-state index contributed by atoms with van der Waals surface area (Å²) in [4.78, 5) is 23.1. The first-order valence-electron chi connectivity index (χ1n) is 8.15. The molecule has 0 radical (unpaired) electrons. The molecule has 0 atom stereocenters. The van der Waals surface area contributed by atoms with E-state index in [0.717, 1.165) is 16.7 Å². The number of nitrogens with one attached hydrogen (secondary N) is 3. The van der Waals surface area contributed by atoms with Gasteiger partial charge in [0.25, 0.3) is 5.91 Å². The quantitative estimate of drug-likeness (QED) is 0.385. The zero-order valence-corrected chi connectivity index (χ0v) is 14.5. The molecule has 0 aromatic heterocycles. The summed E-state index contributed by atoms with van der Waals surface area (Å²) < 4.78 is 0. The molecule has 0 heterocycles. The van der Waals surface area contributed by atoms with E-state index in [-0.39, 0.29) is 18.3 Å². The second-order valence-electron chi connectivity index (χ2n) is 5.90. The lowest BCUT2D eigenvalue weighted by atomic mass is 9.98. The van der Waals surface area contributed by atoms with E-state index < -0.39 is 5.97 Å². The van der Waals surface area contributed by atoms with Crippen LogP contribution in [0.1, 0.15) is 33.5 Å². The van der Waals surface area contributed by atoms with Crippen molar-refractivity contribution in [2.45, 2.75) is 26.3 Å². The van der Waals surface area contributed by atoms with Crippen molar-refractivity contribution in [2.75, 3.05) is 5.32 Å². The summed E-state index contributed by atoms with van der Waals surface area (Å²) in [6.07, 6.45) is 0.536. The maximum atomic E-state index is 12.4. The summed E-state index contributed by atoms with van der Waals surface area (Å²) in [5.74, 6) is -1.27. The lowest BCUT2D eigenvalue weighted by Gasteiger charge is -2.12. The fraction of sp³-hybridized carbons (Fsp3) is 0.211. The van der Waals surface area contributed by atoms with Crippen molar-refractivity contribution in [1.82, 2.24) is 5.32 Å². The van der Waals surface area contributed by atoms with Crippen LogP contribution < -0.4 is 16.4 Å². The van der Waals surface area contributed by atoms with Crippen LogP contribution in [0, 0.1) is 12.3 Å². The molecule has 2 aromatic rings. The predicted molar refractivity (Wildman–Crippen MR) is 100 cm³/mol. The van der Waals surface area contributed by atoms with Crippen LogP contribution in [0.3, 0.4) is 0 Å². The minimum Gasteiger partial charge on any atom is -0.481 e. The molecule has 0 bridgehead atoms. The Hall–Kier alpha value is -3.35. The molecule has 6 N–H and O–H groups in total. The van der Waals surface area contributed by atoms with Crippen molar-refractivity contribution in [3.05, 3.63) is 64.7 Å². The minimum absolute atomic E-state index is 0.0760. The molecule has 0 saturated carbocycles. The molecular weight excluding hydrogens is 332 g/mol. The third kappa shape index (κ3) is 5.34. The molecule has 0 aliphatic heterocycles. The third-order valence-corrected chi connectivity index (χ3v) is 4.01. The monoisotopic (exact) mass is 354 g/mol. The van der Waals surface area contributed by atoms with Crippen LogP contribution in [0.15, 0.2) is 42.5 Å². The number of carbonyl (C=O) groups is 2. The number of carbonyl (C=O) groups excluding carboxylic acids is 1. The molecule has 26 heavy (non-hydrogen) atoms. The summed E-state index contributed by atoms with van der Waals surface area (Å²) in [5.41, 5.74) is 9.21. The predicted octanol–water partition coefficient (Wildman–Crippen LogP) is 2.25. The van der Waals surface area contributed by atoms with Gasteiger partial charge in [-0.05, 0) is 48.2 Å². The number of hydrogen-bond acceptors (Lipinski definition) is 3. The molecule has 7 heteroatoms. The highest BCUT2D eigenvalue weighted by Gasteiger charge is 2.09. The van der Waals surface area contributed by atoms with E-state index in [1.165, 1.54) is 0 Å². The van der Waals surface area contributed by atoms with Crippen LogP contribution in [0.4, 0.5) is 5.69 Å². The molecule has 136 valence electrons. The van der Waals surface area contributed by atoms with Crippen LogP contribution >= 0.6 is 0 Å². The molecule has 1 amide bonds. The standard InChI is InChI=1S/C19H22N4O3/c1-12-13(8-9-17(24)25)4-2-6-15(12)11-22-18(26)14-5-3-7-16(10-14)23-19(20)21/h2-7,10H,8-9,11H2,1H3,(H,22,26)(H,24,25)(H4,20,21,23). The Morgan fingerprint density at radius 1 is 1.15 bits per heavy atom. The summed E-state index contributed by atoms with van der Waals surface area (Å²) in [6, 6.07) is 12.4. The van der Waals surface area contributed by atoms with Crippen LogP contribution in [-0.2, 0) is 17.8 Å². The van der Waals surface area contributed by atoms with Gasteiger partial charge in [-0.25, -0.2) is 0 Å². The first-order valence-corrected chi connectivity index (χ1v) is 8.15. The van der Waals surface area contributed by atoms with E-state index in [4.69, 9.17) is 16.2 Å². The van der Waals surface area contributed by atoms with Gasteiger partial charge in [-0.1, -0.05) is 24.3 Å². The number of nitrogens with two attached hydrogens (primary N) is 1. The Morgan fingerprint density at radius 3 is 2.54 bits per heavy atom. The Balaban J connectivity index is 2.04. The number of aliphatic carboxylic acids is 1. The highest BCUT2D eigenvalue weighted by Crippen LogP contribution is 2.16. The summed E-state index contributed by atoms with van der Waals surface area (Å²) >= 11 is 0. The lowest BCUT2D eigenvalue weighted by Crippen LogP contribution is -2.24. The minimum atomic E-state index is -0.831. The molecular formula is C19H22N4O3. The van der Waals surface area contributed by atoms with Crippen molar-refractivity contribution in [1.29, 1.82) is 5.41 Å². The van der Waals surface area contributed by atoms with Crippen molar-refractivity contribution < 1.29 is 14.7 Å². The number of carboxylic acid groups (broad SMARTS) is 1. The summed E-state index contributed by atoms with van der Waals surface area (Å²) in [6.45, 7) is 2.27. The number of rotatable bonds is 7. The number of hydrogen-bond donors (Lipinski definition) is 5. The van der Waals surface area contributed by atoms with Gasteiger partial charge < -0.3 is 21.5 Å². The SMILES string of the molecule is Cc1c(CCC(=O)O)cccc1CNC(=O)c1cccc(NC(=N)N)c1. The van der Waals surface area contributed by atoms with E-state index in [0.29, 0.717) is 24.2 Å². The number of amides is 1. The normalized spacial score (nSPS) is 10.2. The average Bonchev–Trinajstić information content (AvgIpc) is 2.59. The zero-order valence-electron chi connectivity index (χ0n) is 14.5. The maximum absolute atomic E-state index is 12.4. The largest absolute Gasteiger partial charge is 0.481 e. The molecule has 0 fully saturated rings. The zero-order chi connectivity index (χ0) is 19.1. The molecule has 0 aliphatic rings. The maximum Gasteiger partial charge on any atom is 0.303 e. The Labute approximate surface area is 151 Å². The number of guanidine groups is 1. The summed E-state index contributed by atoms with van der Waals surface area (Å²) in [7, 11) is 0. The molecule has 7 nitrogen and oxygen atoms in total. The number of aryl methyl sites for hydroxylation is 1. The van der Waals surface area contributed by atoms with E-state index in [1.807, 2.05) is 25.1 Å². The van der Waals surface area contributed by atoms with Gasteiger partial charge >= 0.3 is 5.97 Å². The van der Waals surface area contributed by atoms with Crippen molar-refractivity contribution in [3.8, 4) is 0 Å². The van der Waals surface area contributed by atoms with Crippen LogP contribution in [-0.4, -0.2) is 22.9 Å². The van der Waals surface area contributed by atoms with Gasteiger partial charge in [0, 0.05) is 24.2 Å². The molecule has 0 spiro atoms. The smallest absolute Gasteiger partial charge is 0.303 e. The van der Waals surface area contributed by atoms with Gasteiger partial charge in [-0.15, -0.1) is 0 Å². The highest BCUT2D eigenvalue weighted by molar-refractivity contribution is 5.96. The number of carboxylic acids is 1.